The molecule has 4 rings (SSSR count). The van der Waals surface area contributed by atoms with E-state index in [0.29, 0.717) is 18.7 Å². The second-order valence-corrected chi connectivity index (χ2v) is 8.24. The van der Waals surface area contributed by atoms with Gasteiger partial charge in [0.05, 0.1) is 23.1 Å². The molecule has 0 bridgehead atoms. The van der Waals surface area contributed by atoms with Crippen LogP contribution in [-0.4, -0.2) is 39.7 Å². The van der Waals surface area contributed by atoms with Gasteiger partial charge in [0.25, 0.3) is 5.91 Å². The van der Waals surface area contributed by atoms with Crippen LogP contribution < -0.4 is 5.73 Å². The summed E-state index contributed by atoms with van der Waals surface area (Å²) in [6, 6.07) is 18.4. The molecule has 5 heteroatoms. The molecule has 1 saturated heterocycles. The predicted octanol–water partition coefficient (Wildman–Crippen LogP) is 3.87. The number of aryl methyl sites for hydroxylation is 1. The SMILES string of the molecule is Cc1ccc(-n2ncc(C(=O)N3C[C@@H](N)[C@H](c4ccccc4)C3)c2C(C)C)cc1. The molecule has 0 spiro atoms. The summed E-state index contributed by atoms with van der Waals surface area (Å²) >= 11 is 0. The van der Waals surface area contributed by atoms with Crippen LogP contribution in [0.15, 0.2) is 60.8 Å². The molecule has 2 aromatic carbocycles. The van der Waals surface area contributed by atoms with Crippen molar-refractivity contribution in [3.05, 3.63) is 83.2 Å². The van der Waals surface area contributed by atoms with Crippen molar-refractivity contribution >= 4 is 5.91 Å². The number of carbonyl (C=O) groups is 1. The topological polar surface area (TPSA) is 64.2 Å². The lowest BCUT2D eigenvalue weighted by Crippen LogP contribution is -2.32. The summed E-state index contributed by atoms with van der Waals surface area (Å²) in [5.74, 6) is 0.342. The molecule has 1 aliphatic heterocycles. The van der Waals surface area contributed by atoms with Crippen molar-refractivity contribution in [1.82, 2.24) is 14.7 Å². The lowest BCUT2D eigenvalue weighted by atomic mass is 9.95. The molecule has 29 heavy (non-hydrogen) atoms. The van der Waals surface area contributed by atoms with Crippen molar-refractivity contribution in [2.75, 3.05) is 13.1 Å². The average molecular weight is 389 g/mol. The van der Waals surface area contributed by atoms with Crippen molar-refractivity contribution in [2.45, 2.75) is 38.6 Å². The third-order valence-corrected chi connectivity index (χ3v) is 5.74. The third kappa shape index (κ3) is 3.70. The van der Waals surface area contributed by atoms with Gasteiger partial charge in [0, 0.05) is 25.0 Å². The Labute approximate surface area is 172 Å². The summed E-state index contributed by atoms with van der Waals surface area (Å²) < 4.78 is 1.89. The van der Waals surface area contributed by atoms with Gasteiger partial charge in [-0.15, -0.1) is 0 Å². The largest absolute Gasteiger partial charge is 0.336 e. The van der Waals surface area contributed by atoms with E-state index in [1.54, 1.807) is 6.20 Å². The predicted molar refractivity (Wildman–Crippen MR) is 115 cm³/mol. The van der Waals surface area contributed by atoms with Crippen LogP contribution in [0.25, 0.3) is 5.69 Å². The molecule has 1 aliphatic rings. The first-order valence-electron chi connectivity index (χ1n) is 10.2. The first-order valence-corrected chi connectivity index (χ1v) is 10.2. The smallest absolute Gasteiger partial charge is 0.257 e. The molecule has 1 aromatic heterocycles. The van der Waals surface area contributed by atoms with E-state index in [9.17, 15) is 4.79 Å². The molecule has 1 fully saturated rings. The fraction of sp³-hybridized carbons (Fsp3) is 0.333. The first kappa shape index (κ1) is 19.4. The zero-order chi connectivity index (χ0) is 20.5. The summed E-state index contributed by atoms with van der Waals surface area (Å²) in [6.45, 7) is 7.45. The van der Waals surface area contributed by atoms with E-state index in [2.05, 4.69) is 50.1 Å². The van der Waals surface area contributed by atoms with Crippen molar-refractivity contribution in [2.24, 2.45) is 5.73 Å². The third-order valence-electron chi connectivity index (χ3n) is 5.74. The molecule has 0 unspecified atom stereocenters. The minimum atomic E-state index is -0.0593. The number of nitrogens with zero attached hydrogens (tertiary/aromatic N) is 3. The summed E-state index contributed by atoms with van der Waals surface area (Å²) in [5, 5.41) is 4.56. The zero-order valence-electron chi connectivity index (χ0n) is 17.2. The highest BCUT2D eigenvalue weighted by Crippen LogP contribution is 2.30. The van der Waals surface area contributed by atoms with Gasteiger partial charge in [-0.1, -0.05) is 61.9 Å². The molecule has 2 N–H and O–H groups in total. The van der Waals surface area contributed by atoms with E-state index in [4.69, 9.17) is 5.73 Å². The van der Waals surface area contributed by atoms with Gasteiger partial charge in [-0.3, -0.25) is 4.79 Å². The van der Waals surface area contributed by atoms with Crippen LogP contribution >= 0.6 is 0 Å². The van der Waals surface area contributed by atoms with Crippen molar-refractivity contribution in [3.63, 3.8) is 0 Å². The monoisotopic (exact) mass is 388 g/mol. The Hall–Kier alpha value is -2.92. The number of nitrogens with two attached hydrogens (primary N) is 1. The number of likely N-dealkylation sites (tertiary alicyclic amines) is 1. The molecular formula is C24H28N4O. The Kier molecular flexibility index (Phi) is 5.24. The molecule has 2 heterocycles. The van der Waals surface area contributed by atoms with E-state index in [1.807, 2.05) is 39.9 Å². The van der Waals surface area contributed by atoms with Crippen LogP contribution in [0.5, 0.6) is 0 Å². The van der Waals surface area contributed by atoms with Crippen LogP contribution in [0.4, 0.5) is 0 Å². The maximum absolute atomic E-state index is 13.4. The van der Waals surface area contributed by atoms with Crippen molar-refractivity contribution < 1.29 is 4.79 Å². The molecule has 0 aliphatic carbocycles. The second-order valence-electron chi connectivity index (χ2n) is 8.24. The van der Waals surface area contributed by atoms with E-state index in [0.717, 1.165) is 11.4 Å². The molecule has 3 aromatic rings. The fourth-order valence-corrected chi connectivity index (χ4v) is 4.19. The quantitative estimate of drug-likeness (QED) is 0.738. The summed E-state index contributed by atoms with van der Waals surface area (Å²) in [6.07, 6.45) is 1.71. The number of carbonyl (C=O) groups excluding carboxylic acids is 1. The molecule has 150 valence electrons. The van der Waals surface area contributed by atoms with Crippen molar-refractivity contribution in [3.8, 4) is 5.69 Å². The molecule has 2 atom stereocenters. The van der Waals surface area contributed by atoms with Gasteiger partial charge in [0.15, 0.2) is 0 Å². The Morgan fingerprint density at radius 2 is 1.76 bits per heavy atom. The number of benzene rings is 2. The van der Waals surface area contributed by atoms with Gasteiger partial charge in [-0.2, -0.15) is 5.10 Å². The molecular weight excluding hydrogens is 360 g/mol. The number of hydrogen-bond acceptors (Lipinski definition) is 3. The molecule has 1 amide bonds. The lowest BCUT2D eigenvalue weighted by Gasteiger charge is -2.18. The lowest BCUT2D eigenvalue weighted by molar-refractivity contribution is 0.0787. The highest BCUT2D eigenvalue weighted by molar-refractivity contribution is 5.95. The van der Waals surface area contributed by atoms with Gasteiger partial charge < -0.3 is 10.6 Å². The van der Waals surface area contributed by atoms with E-state index in [1.165, 1.54) is 11.1 Å². The van der Waals surface area contributed by atoms with Crippen LogP contribution in [-0.2, 0) is 0 Å². The summed E-state index contributed by atoms with van der Waals surface area (Å²) in [4.78, 5) is 15.3. The Morgan fingerprint density at radius 3 is 2.41 bits per heavy atom. The van der Waals surface area contributed by atoms with E-state index in [-0.39, 0.29) is 23.8 Å². The standard InChI is InChI=1S/C24H28N4O/c1-16(2)23-20(13-26-28(23)19-11-9-17(3)10-12-19)24(29)27-14-21(22(25)15-27)18-7-5-4-6-8-18/h4-13,16,21-22H,14-15,25H2,1-3H3/t21-,22+/m0/s1. The molecule has 0 radical (unpaired) electrons. The molecule has 0 saturated carbocycles. The van der Waals surface area contributed by atoms with E-state index < -0.39 is 0 Å². The second kappa shape index (κ2) is 7.84. The zero-order valence-corrected chi connectivity index (χ0v) is 17.2. The minimum Gasteiger partial charge on any atom is -0.336 e. The van der Waals surface area contributed by atoms with E-state index >= 15 is 0 Å². The fourth-order valence-electron chi connectivity index (χ4n) is 4.19. The van der Waals surface area contributed by atoms with Gasteiger partial charge in [0.2, 0.25) is 0 Å². The van der Waals surface area contributed by atoms with Crippen LogP contribution in [0.3, 0.4) is 0 Å². The summed E-state index contributed by atoms with van der Waals surface area (Å²) in [5.41, 5.74) is 11.4. The maximum atomic E-state index is 13.4. The van der Waals surface area contributed by atoms with Gasteiger partial charge >= 0.3 is 0 Å². The highest BCUT2D eigenvalue weighted by atomic mass is 16.2. The highest BCUT2D eigenvalue weighted by Gasteiger charge is 2.36. The Morgan fingerprint density at radius 1 is 1.07 bits per heavy atom. The Bertz CT molecular complexity index is 991. The first-order chi connectivity index (χ1) is 14.0. The van der Waals surface area contributed by atoms with Gasteiger partial charge in [-0.05, 0) is 30.5 Å². The number of hydrogen-bond donors (Lipinski definition) is 1. The number of aromatic nitrogens is 2. The number of amides is 1. The number of rotatable bonds is 4. The van der Waals surface area contributed by atoms with Crippen LogP contribution in [0.2, 0.25) is 0 Å². The summed E-state index contributed by atoms with van der Waals surface area (Å²) in [7, 11) is 0. The Balaban J connectivity index is 1.63. The van der Waals surface area contributed by atoms with Gasteiger partial charge in [-0.25, -0.2) is 4.68 Å². The van der Waals surface area contributed by atoms with Crippen LogP contribution in [0.1, 0.15) is 52.9 Å². The normalized spacial score (nSPS) is 19.1. The molecule has 5 nitrogen and oxygen atoms in total. The van der Waals surface area contributed by atoms with Crippen LogP contribution in [0, 0.1) is 6.92 Å². The average Bonchev–Trinajstić information content (AvgIpc) is 3.33. The van der Waals surface area contributed by atoms with Crippen molar-refractivity contribution in [1.29, 1.82) is 0 Å². The van der Waals surface area contributed by atoms with Gasteiger partial charge in [0.1, 0.15) is 0 Å². The maximum Gasteiger partial charge on any atom is 0.257 e. The minimum absolute atomic E-state index is 0.0148.